The molecule has 144 valence electrons. The molecule has 1 N–H and O–H groups in total. The van der Waals surface area contributed by atoms with E-state index in [2.05, 4.69) is 5.10 Å². The largest absolute Gasteiger partial charge is 0.503 e. The van der Waals surface area contributed by atoms with Crippen LogP contribution in [0.5, 0.6) is 5.75 Å². The van der Waals surface area contributed by atoms with Crippen molar-refractivity contribution in [3.63, 3.8) is 0 Å². The number of ether oxygens (including phenoxy) is 1. The van der Waals surface area contributed by atoms with E-state index in [-0.39, 0.29) is 12.0 Å². The topological polar surface area (TPSA) is 81.4 Å². The summed E-state index contributed by atoms with van der Waals surface area (Å²) in [5, 5.41) is 14.1. The van der Waals surface area contributed by atoms with E-state index >= 15 is 0 Å². The minimum Gasteiger partial charge on any atom is -0.503 e. The highest BCUT2D eigenvalue weighted by molar-refractivity contribution is 5.87. The van der Waals surface area contributed by atoms with Gasteiger partial charge in [0.1, 0.15) is 6.67 Å². The molecular formula is C20H23FN2O4. The molecule has 0 unspecified atom stereocenters. The SMILES string of the molecule is CCOC(=O)c1nn(CC2(c3cccc(CF)c3)CCCC2)cc(O)c1=O. The Morgan fingerprint density at radius 3 is 2.78 bits per heavy atom. The van der Waals surface area contributed by atoms with Gasteiger partial charge in [0, 0.05) is 5.41 Å². The number of carbonyl (C=O) groups excluding carboxylic acids is 1. The quantitative estimate of drug-likeness (QED) is 0.786. The maximum absolute atomic E-state index is 13.1. The molecule has 3 rings (SSSR count). The Morgan fingerprint density at radius 1 is 1.37 bits per heavy atom. The van der Waals surface area contributed by atoms with Crippen LogP contribution < -0.4 is 5.43 Å². The highest BCUT2D eigenvalue weighted by atomic mass is 19.1. The molecule has 0 aliphatic heterocycles. The molecular weight excluding hydrogens is 351 g/mol. The van der Waals surface area contributed by atoms with Crippen LogP contribution in [-0.2, 0) is 23.4 Å². The molecule has 0 spiro atoms. The zero-order valence-electron chi connectivity index (χ0n) is 15.3. The van der Waals surface area contributed by atoms with Gasteiger partial charge in [-0.25, -0.2) is 9.18 Å². The maximum Gasteiger partial charge on any atom is 0.363 e. The average molecular weight is 374 g/mol. The lowest BCUT2D eigenvalue weighted by molar-refractivity contribution is 0.0513. The molecule has 2 aromatic rings. The zero-order chi connectivity index (χ0) is 19.4. The van der Waals surface area contributed by atoms with Gasteiger partial charge in [0.05, 0.1) is 19.3 Å². The number of aromatic hydroxyl groups is 1. The second-order valence-electron chi connectivity index (χ2n) is 6.93. The van der Waals surface area contributed by atoms with Crippen molar-refractivity contribution >= 4 is 5.97 Å². The number of alkyl halides is 1. The van der Waals surface area contributed by atoms with Crippen molar-refractivity contribution in [2.75, 3.05) is 6.61 Å². The van der Waals surface area contributed by atoms with Crippen molar-refractivity contribution < 1.29 is 19.0 Å². The lowest BCUT2D eigenvalue weighted by Crippen LogP contribution is -2.32. The van der Waals surface area contributed by atoms with E-state index in [1.54, 1.807) is 13.0 Å². The summed E-state index contributed by atoms with van der Waals surface area (Å²) >= 11 is 0. The summed E-state index contributed by atoms with van der Waals surface area (Å²) in [5.74, 6) is -1.40. The molecule has 1 aliphatic rings. The summed E-state index contributed by atoms with van der Waals surface area (Å²) in [7, 11) is 0. The molecule has 1 aromatic heterocycles. The van der Waals surface area contributed by atoms with Crippen LogP contribution in [0, 0.1) is 0 Å². The van der Waals surface area contributed by atoms with Crippen LogP contribution in [0.3, 0.4) is 0 Å². The first kappa shape index (κ1) is 19.1. The molecule has 27 heavy (non-hydrogen) atoms. The summed E-state index contributed by atoms with van der Waals surface area (Å²) in [6, 6.07) is 7.41. The van der Waals surface area contributed by atoms with Gasteiger partial charge in [-0.1, -0.05) is 37.1 Å². The van der Waals surface area contributed by atoms with Gasteiger partial charge in [-0.15, -0.1) is 0 Å². The van der Waals surface area contributed by atoms with Crippen molar-refractivity contribution in [3.05, 3.63) is 57.5 Å². The van der Waals surface area contributed by atoms with Gasteiger partial charge in [0.15, 0.2) is 5.75 Å². The molecule has 1 heterocycles. The van der Waals surface area contributed by atoms with Crippen LogP contribution >= 0.6 is 0 Å². The number of benzene rings is 1. The van der Waals surface area contributed by atoms with E-state index in [9.17, 15) is 19.1 Å². The van der Waals surface area contributed by atoms with Crippen LogP contribution in [0.1, 0.15) is 54.2 Å². The zero-order valence-corrected chi connectivity index (χ0v) is 15.3. The average Bonchev–Trinajstić information content (AvgIpc) is 3.14. The number of halogens is 1. The number of hydrogen-bond acceptors (Lipinski definition) is 5. The summed E-state index contributed by atoms with van der Waals surface area (Å²) in [6.07, 6.45) is 5.05. The number of nitrogens with zero attached hydrogens (tertiary/aromatic N) is 2. The summed E-state index contributed by atoms with van der Waals surface area (Å²) in [4.78, 5) is 24.0. The Hall–Kier alpha value is -2.70. The molecule has 1 fully saturated rings. The molecule has 1 aliphatic carbocycles. The molecule has 0 bridgehead atoms. The van der Waals surface area contributed by atoms with E-state index in [0.717, 1.165) is 31.2 Å². The molecule has 0 amide bonds. The van der Waals surface area contributed by atoms with Crippen LogP contribution in [0.2, 0.25) is 0 Å². The minimum atomic E-state index is -0.855. The molecule has 6 nitrogen and oxygen atoms in total. The summed E-state index contributed by atoms with van der Waals surface area (Å²) < 4.78 is 19.4. The van der Waals surface area contributed by atoms with Gasteiger partial charge < -0.3 is 9.84 Å². The van der Waals surface area contributed by atoms with Crippen molar-refractivity contribution in [3.8, 4) is 5.75 Å². The van der Waals surface area contributed by atoms with Gasteiger partial charge in [0.2, 0.25) is 5.69 Å². The van der Waals surface area contributed by atoms with Crippen molar-refractivity contribution in [2.45, 2.75) is 51.2 Å². The first-order chi connectivity index (χ1) is 13.0. The van der Waals surface area contributed by atoms with Crippen molar-refractivity contribution in [1.82, 2.24) is 9.78 Å². The Balaban J connectivity index is 2.00. The van der Waals surface area contributed by atoms with E-state index < -0.39 is 29.5 Å². The summed E-state index contributed by atoms with van der Waals surface area (Å²) in [5.41, 5.74) is 0.0626. The molecule has 1 saturated carbocycles. The lowest BCUT2D eigenvalue weighted by atomic mass is 9.78. The lowest BCUT2D eigenvalue weighted by Gasteiger charge is -2.30. The maximum atomic E-state index is 13.1. The highest BCUT2D eigenvalue weighted by Crippen LogP contribution is 2.42. The fraction of sp³-hybridized carbons (Fsp3) is 0.450. The number of aromatic nitrogens is 2. The second kappa shape index (κ2) is 7.90. The number of rotatable bonds is 6. The van der Waals surface area contributed by atoms with Crippen molar-refractivity contribution in [2.24, 2.45) is 0 Å². The van der Waals surface area contributed by atoms with Gasteiger partial charge in [-0.2, -0.15) is 5.10 Å². The van der Waals surface area contributed by atoms with Gasteiger partial charge >= 0.3 is 5.97 Å². The summed E-state index contributed by atoms with van der Waals surface area (Å²) in [6.45, 7) is 1.58. The monoisotopic (exact) mass is 374 g/mol. The van der Waals surface area contributed by atoms with Crippen LogP contribution in [0.15, 0.2) is 35.3 Å². The Labute approximate surface area is 156 Å². The third-order valence-electron chi connectivity index (χ3n) is 5.14. The predicted molar refractivity (Wildman–Crippen MR) is 97.5 cm³/mol. The fourth-order valence-electron chi connectivity index (χ4n) is 3.82. The van der Waals surface area contributed by atoms with E-state index in [1.165, 1.54) is 10.9 Å². The first-order valence-electron chi connectivity index (χ1n) is 9.12. The molecule has 0 saturated heterocycles. The fourth-order valence-corrected chi connectivity index (χ4v) is 3.82. The minimum absolute atomic E-state index is 0.107. The second-order valence-corrected chi connectivity index (χ2v) is 6.93. The number of carbonyl (C=O) groups is 1. The molecule has 0 radical (unpaired) electrons. The third kappa shape index (κ3) is 3.86. The Bertz CT molecular complexity index is 888. The van der Waals surface area contributed by atoms with E-state index in [4.69, 9.17) is 4.74 Å². The third-order valence-corrected chi connectivity index (χ3v) is 5.14. The first-order valence-corrected chi connectivity index (χ1v) is 9.12. The van der Waals surface area contributed by atoms with Crippen molar-refractivity contribution in [1.29, 1.82) is 0 Å². The smallest absolute Gasteiger partial charge is 0.363 e. The van der Waals surface area contributed by atoms with Crippen LogP contribution in [0.4, 0.5) is 4.39 Å². The Kier molecular flexibility index (Phi) is 5.58. The number of esters is 1. The molecule has 1 aromatic carbocycles. The highest BCUT2D eigenvalue weighted by Gasteiger charge is 2.36. The van der Waals surface area contributed by atoms with Gasteiger partial charge in [-0.05, 0) is 30.9 Å². The Morgan fingerprint density at radius 2 is 2.11 bits per heavy atom. The van der Waals surface area contributed by atoms with E-state index in [1.807, 2.05) is 18.2 Å². The van der Waals surface area contributed by atoms with Crippen LogP contribution in [0.25, 0.3) is 0 Å². The molecule has 7 heteroatoms. The molecule has 0 atom stereocenters. The number of hydrogen-bond donors (Lipinski definition) is 1. The van der Waals surface area contributed by atoms with Crippen LogP contribution in [-0.4, -0.2) is 27.5 Å². The predicted octanol–water partition coefficient (Wildman–Crippen LogP) is 3.11. The van der Waals surface area contributed by atoms with E-state index in [0.29, 0.717) is 12.1 Å². The standard InChI is InChI=1S/C20H23FN2O4/c1-2-27-19(26)17-18(25)16(24)12-23(22-17)13-20(8-3-4-9-20)15-7-5-6-14(10-15)11-21/h5-7,10,12,24H,2-4,8-9,11,13H2,1H3. The normalized spacial score (nSPS) is 15.6. The van der Waals surface area contributed by atoms with Gasteiger partial charge in [0.25, 0.3) is 5.43 Å². The van der Waals surface area contributed by atoms with Gasteiger partial charge in [-0.3, -0.25) is 9.48 Å².